The molecular weight excluding hydrogens is 322 g/mol. The number of carboxylic acids is 1. The largest absolute Gasteiger partial charge is 0.481 e. The summed E-state index contributed by atoms with van der Waals surface area (Å²) in [6, 6.07) is 16.7. The molecule has 0 saturated heterocycles. The van der Waals surface area contributed by atoms with Crippen molar-refractivity contribution >= 4 is 17.8 Å². The smallest absolute Gasteiger partial charge is 0.305 e. The lowest BCUT2D eigenvalue weighted by molar-refractivity contribution is -0.140. The molecule has 4 N–H and O–H groups in total. The van der Waals surface area contributed by atoms with Gasteiger partial charge in [-0.05, 0) is 17.7 Å². The van der Waals surface area contributed by atoms with E-state index in [-0.39, 0.29) is 0 Å². The normalized spacial score (nSPS) is 11.4. The number of nitrogens with one attached hydrogen (secondary N) is 3. The highest BCUT2D eigenvalue weighted by Gasteiger charge is 2.21. The number of hydrogen-bond acceptors (Lipinski definition) is 4. The van der Waals surface area contributed by atoms with Gasteiger partial charge in [-0.1, -0.05) is 48.5 Å². The molecule has 0 unspecified atom stereocenters. The second-order valence-corrected chi connectivity index (χ2v) is 5.33. The van der Waals surface area contributed by atoms with E-state index in [1.807, 2.05) is 30.3 Å². The minimum atomic E-state index is -1.12. The van der Waals surface area contributed by atoms with E-state index in [4.69, 9.17) is 5.11 Å². The molecule has 2 aromatic rings. The van der Waals surface area contributed by atoms with Crippen LogP contribution in [0, 0.1) is 0 Å². The Balaban J connectivity index is 1.91. The highest BCUT2D eigenvalue weighted by molar-refractivity contribution is 5.96. The lowest BCUT2D eigenvalue weighted by atomic mass is 10.1. The van der Waals surface area contributed by atoms with Crippen LogP contribution >= 0.6 is 0 Å². The van der Waals surface area contributed by atoms with Gasteiger partial charge in [0.15, 0.2) is 0 Å². The fourth-order valence-electron chi connectivity index (χ4n) is 2.14. The quantitative estimate of drug-likeness (QED) is 0.564. The molecule has 25 heavy (non-hydrogen) atoms. The maximum Gasteiger partial charge on any atom is 0.305 e. The number of carbonyl (C=O) groups is 3. The second kappa shape index (κ2) is 9.19. The van der Waals surface area contributed by atoms with Crippen molar-refractivity contribution in [1.82, 2.24) is 16.2 Å². The van der Waals surface area contributed by atoms with Crippen molar-refractivity contribution in [2.45, 2.75) is 19.0 Å². The van der Waals surface area contributed by atoms with Crippen molar-refractivity contribution in [3.05, 3.63) is 71.8 Å². The zero-order chi connectivity index (χ0) is 18.1. The van der Waals surface area contributed by atoms with E-state index in [0.717, 1.165) is 5.56 Å². The summed E-state index contributed by atoms with van der Waals surface area (Å²) in [5.41, 5.74) is 5.84. The van der Waals surface area contributed by atoms with Gasteiger partial charge in [-0.3, -0.25) is 25.2 Å². The van der Waals surface area contributed by atoms with Crippen LogP contribution in [0.15, 0.2) is 60.7 Å². The number of aliphatic carboxylic acids is 1. The van der Waals surface area contributed by atoms with Crippen LogP contribution in [-0.4, -0.2) is 28.9 Å². The van der Waals surface area contributed by atoms with Crippen LogP contribution in [0.3, 0.4) is 0 Å². The minimum absolute atomic E-state index is 0.332. The zero-order valence-corrected chi connectivity index (χ0v) is 13.4. The fraction of sp³-hybridized carbons (Fsp3) is 0.167. The monoisotopic (exact) mass is 341 g/mol. The van der Waals surface area contributed by atoms with E-state index in [1.54, 1.807) is 30.3 Å². The minimum Gasteiger partial charge on any atom is -0.481 e. The van der Waals surface area contributed by atoms with Gasteiger partial charge in [-0.15, -0.1) is 0 Å². The van der Waals surface area contributed by atoms with Crippen LogP contribution in [0.4, 0.5) is 0 Å². The summed E-state index contributed by atoms with van der Waals surface area (Å²) in [6.45, 7) is 0.332. The van der Waals surface area contributed by atoms with E-state index in [2.05, 4.69) is 16.2 Å². The summed E-state index contributed by atoms with van der Waals surface area (Å²) in [6.07, 6.45) is -0.403. The number of rotatable bonds is 7. The molecule has 0 aliphatic heterocycles. The summed E-state index contributed by atoms with van der Waals surface area (Å²) in [5.74, 6) is -2.22. The number of hydrogen-bond donors (Lipinski definition) is 4. The Hall–Kier alpha value is -3.19. The SMILES string of the molecule is O=C(O)C[C@@H](NCc1ccccc1)C(=O)NNC(=O)c1ccccc1. The Labute approximate surface area is 145 Å². The number of carboxylic acid groups (broad SMARTS) is 1. The van der Waals surface area contributed by atoms with Crippen molar-refractivity contribution < 1.29 is 19.5 Å². The average molecular weight is 341 g/mol. The first-order valence-corrected chi connectivity index (χ1v) is 7.70. The molecule has 1 atom stereocenters. The molecule has 0 aliphatic carbocycles. The molecule has 0 radical (unpaired) electrons. The van der Waals surface area contributed by atoms with Crippen molar-refractivity contribution in [2.75, 3.05) is 0 Å². The predicted octanol–water partition coefficient (Wildman–Crippen LogP) is 1.08. The van der Waals surface area contributed by atoms with Gasteiger partial charge < -0.3 is 10.4 Å². The Bertz CT molecular complexity index is 720. The molecule has 0 saturated carbocycles. The molecule has 0 fully saturated rings. The lowest BCUT2D eigenvalue weighted by Crippen LogP contribution is -2.51. The Kier molecular flexibility index (Phi) is 6.67. The summed E-state index contributed by atoms with van der Waals surface area (Å²) in [7, 11) is 0. The van der Waals surface area contributed by atoms with Crippen molar-refractivity contribution in [3.8, 4) is 0 Å². The van der Waals surface area contributed by atoms with Gasteiger partial charge >= 0.3 is 5.97 Å². The average Bonchev–Trinajstić information content (AvgIpc) is 2.64. The summed E-state index contributed by atoms with van der Waals surface area (Å²) >= 11 is 0. The third-order valence-electron chi connectivity index (χ3n) is 3.43. The molecule has 0 aromatic heterocycles. The van der Waals surface area contributed by atoms with Crippen molar-refractivity contribution in [3.63, 3.8) is 0 Å². The Morgan fingerprint density at radius 2 is 1.48 bits per heavy atom. The van der Waals surface area contributed by atoms with E-state index in [0.29, 0.717) is 12.1 Å². The van der Waals surface area contributed by atoms with Gasteiger partial charge in [0.1, 0.15) is 0 Å². The van der Waals surface area contributed by atoms with Crippen LogP contribution in [-0.2, 0) is 16.1 Å². The highest BCUT2D eigenvalue weighted by atomic mass is 16.4. The van der Waals surface area contributed by atoms with Gasteiger partial charge in [0.05, 0.1) is 12.5 Å². The molecule has 2 amide bonds. The Morgan fingerprint density at radius 3 is 2.08 bits per heavy atom. The zero-order valence-electron chi connectivity index (χ0n) is 13.4. The van der Waals surface area contributed by atoms with Crippen LogP contribution in [0.5, 0.6) is 0 Å². The van der Waals surface area contributed by atoms with E-state index in [9.17, 15) is 14.4 Å². The molecule has 7 heteroatoms. The molecule has 0 aliphatic rings. The Morgan fingerprint density at radius 1 is 0.880 bits per heavy atom. The molecule has 0 heterocycles. The van der Waals surface area contributed by atoms with Gasteiger partial charge in [0.2, 0.25) is 0 Å². The van der Waals surface area contributed by atoms with Crippen LogP contribution in [0.25, 0.3) is 0 Å². The van der Waals surface area contributed by atoms with Crippen molar-refractivity contribution in [2.24, 2.45) is 0 Å². The second-order valence-electron chi connectivity index (χ2n) is 5.33. The number of benzene rings is 2. The summed E-state index contributed by atoms with van der Waals surface area (Å²) in [4.78, 5) is 35.1. The topological polar surface area (TPSA) is 108 Å². The van der Waals surface area contributed by atoms with E-state index in [1.165, 1.54) is 0 Å². The lowest BCUT2D eigenvalue weighted by Gasteiger charge is -2.17. The fourth-order valence-corrected chi connectivity index (χ4v) is 2.14. The molecule has 130 valence electrons. The molecule has 2 rings (SSSR count). The van der Waals surface area contributed by atoms with Gasteiger partial charge in [-0.2, -0.15) is 0 Å². The molecule has 2 aromatic carbocycles. The molecule has 0 bridgehead atoms. The van der Waals surface area contributed by atoms with Gasteiger partial charge in [0.25, 0.3) is 11.8 Å². The predicted molar refractivity (Wildman–Crippen MR) is 91.4 cm³/mol. The summed E-state index contributed by atoms with van der Waals surface area (Å²) < 4.78 is 0. The number of carbonyl (C=O) groups excluding carboxylic acids is 2. The van der Waals surface area contributed by atoms with Crippen LogP contribution in [0.1, 0.15) is 22.3 Å². The molecule has 0 spiro atoms. The van der Waals surface area contributed by atoms with Crippen LogP contribution < -0.4 is 16.2 Å². The first kappa shape index (κ1) is 18.2. The van der Waals surface area contributed by atoms with E-state index >= 15 is 0 Å². The number of hydrazine groups is 1. The first-order chi connectivity index (χ1) is 12.1. The van der Waals surface area contributed by atoms with Crippen molar-refractivity contribution in [1.29, 1.82) is 0 Å². The third kappa shape index (κ3) is 6.08. The van der Waals surface area contributed by atoms with E-state index < -0.39 is 30.2 Å². The van der Waals surface area contributed by atoms with Gasteiger partial charge in [0, 0.05) is 12.1 Å². The summed E-state index contributed by atoms with van der Waals surface area (Å²) in [5, 5.41) is 11.9. The number of amides is 2. The first-order valence-electron chi connectivity index (χ1n) is 7.70. The third-order valence-corrected chi connectivity index (χ3v) is 3.43. The molecular formula is C18H19N3O4. The highest BCUT2D eigenvalue weighted by Crippen LogP contribution is 2.01. The standard InChI is InChI=1S/C18H19N3O4/c22-16(23)11-15(19-12-13-7-3-1-4-8-13)18(25)21-20-17(24)14-9-5-2-6-10-14/h1-10,15,19H,11-12H2,(H,20,24)(H,21,25)(H,22,23)/t15-/m1/s1. The van der Waals surface area contributed by atoms with Crippen LogP contribution in [0.2, 0.25) is 0 Å². The maximum atomic E-state index is 12.2. The van der Waals surface area contributed by atoms with Gasteiger partial charge in [-0.25, -0.2) is 0 Å². The molecule has 7 nitrogen and oxygen atoms in total. The maximum absolute atomic E-state index is 12.2.